The van der Waals surface area contributed by atoms with Crippen molar-refractivity contribution < 1.29 is 9.90 Å². The zero-order valence-corrected chi connectivity index (χ0v) is 13.7. The number of aromatic nitrogens is 1. The molecule has 110 valence electrons. The van der Waals surface area contributed by atoms with E-state index in [1.807, 2.05) is 26.8 Å². The first-order valence-electron chi connectivity index (χ1n) is 6.53. The average Bonchev–Trinajstić information content (AvgIpc) is 2.99. The molecular weight excluding hydrogens is 304 g/mol. The number of nitrogens with zero attached hydrogens (tertiary/aromatic N) is 1. The van der Waals surface area contributed by atoms with E-state index in [4.69, 9.17) is 5.11 Å². The molecule has 4 nitrogen and oxygen atoms in total. The number of carbonyl (C=O) groups is 1. The van der Waals surface area contributed by atoms with Crippen molar-refractivity contribution in [3.63, 3.8) is 0 Å². The highest BCUT2D eigenvalue weighted by Gasteiger charge is 2.14. The lowest BCUT2D eigenvalue weighted by molar-refractivity contribution is 0.103. The first-order chi connectivity index (χ1) is 10.0. The van der Waals surface area contributed by atoms with Crippen LogP contribution in [0.1, 0.15) is 37.6 Å². The molecule has 6 heteroatoms. The number of carbonyl (C=O) groups excluding carboxylic acids is 1. The smallest absolute Gasteiger partial charge is 0.267 e. The summed E-state index contributed by atoms with van der Waals surface area (Å²) >= 11 is 2.81. The number of hydrogen-bond acceptors (Lipinski definition) is 5. The van der Waals surface area contributed by atoms with Gasteiger partial charge in [-0.3, -0.25) is 10.1 Å². The Bertz CT molecular complexity index is 720. The molecule has 0 aliphatic rings. The van der Waals surface area contributed by atoms with Gasteiger partial charge in [-0.05, 0) is 31.9 Å². The summed E-state index contributed by atoms with van der Waals surface area (Å²) in [5.41, 5.74) is 1.96. The van der Waals surface area contributed by atoms with E-state index in [1.165, 1.54) is 22.7 Å². The van der Waals surface area contributed by atoms with Crippen LogP contribution in [0, 0.1) is 25.7 Å². The molecule has 2 rings (SSSR count). The van der Waals surface area contributed by atoms with Crippen molar-refractivity contribution in [3.8, 4) is 11.8 Å². The van der Waals surface area contributed by atoms with Gasteiger partial charge in [-0.15, -0.1) is 22.7 Å². The fraction of sp³-hybridized carbons (Fsp3) is 0.333. The van der Waals surface area contributed by atoms with Gasteiger partial charge in [0.25, 0.3) is 5.91 Å². The van der Waals surface area contributed by atoms with Crippen LogP contribution in [0.25, 0.3) is 0 Å². The highest BCUT2D eigenvalue weighted by Crippen LogP contribution is 2.25. The third kappa shape index (κ3) is 3.70. The highest BCUT2D eigenvalue weighted by molar-refractivity contribution is 7.16. The van der Waals surface area contributed by atoms with Crippen molar-refractivity contribution in [1.29, 1.82) is 0 Å². The van der Waals surface area contributed by atoms with E-state index in [0.29, 0.717) is 10.0 Å². The van der Waals surface area contributed by atoms with Gasteiger partial charge in [0, 0.05) is 4.88 Å². The van der Waals surface area contributed by atoms with E-state index in [1.54, 1.807) is 0 Å². The predicted octanol–water partition coefficient (Wildman–Crippen LogP) is 2.98. The second-order valence-electron chi connectivity index (χ2n) is 4.41. The van der Waals surface area contributed by atoms with Crippen molar-refractivity contribution >= 4 is 33.7 Å². The van der Waals surface area contributed by atoms with Gasteiger partial charge in [0.2, 0.25) is 0 Å². The summed E-state index contributed by atoms with van der Waals surface area (Å²) < 4.78 is 0. The predicted molar refractivity (Wildman–Crippen MR) is 87.2 cm³/mol. The average molecular weight is 320 g/mol. The Kier molecular flexibility index (Phi) is 5.12. The molecule has 0 atom stereocenters. The minimum absolute atomic E-state index is 0.170. The van der Waals surface area contributed by atoms with Crippen LogP contribution in [0.5, 0.6) is 0 Å². The highest BCUT2D eigenvalue weighted by atomic mass is 32.1. The Balaban J connectivity index is 2.16. The largest absolute Gasteiger partial charge is 0.384 e. The molecule has 2 aromatic rings. The Morgan fingerprint density at radius 2 is 2.19 bits per heavy atom. The number of aryl methyl sites for hydroxylation is 3. The van der Waals surface area contributed by atoms with Gasteiger partial charge in [0.1, 0.15) is 6.61 Å². The normalized spacial score (nSPS) is 10.1. The van der Waals surface area contributed by atoms with Gasteiger partial charge >= 0.3 is 0 Å². The number of amides is 1. The van der Waals surface area contributed by atoms with Gasteiger partial charge < -0.3 is 5.11 Å². The van der Waals surface area contributed by atoms with Gasteiger partial charge in [0.05, 0.1) is 15.4 Å². The molecule has 0 bridgehead atoms. The lowest BCUT2D eigenvalue weighted by atomic mass is 10.2. The third-order valence-electron chi connectivity index (χ3n) is 2.87. The number of aliphatic hydroxyl groups excluding tert-OH is 1. The SMILES string of the molecule is CCc1nc(NC(=O)c2cc(C)c(C#CCO)s2)sc1C. The van der Waals surface area contributed by atoms with Crippen LogP contribution in [0.15, 0.2) is 6.07 Å². The number of thiophene rings is 1. The minimum Gasteiger partial charge on any atom is -0.384 e. The Morgan fingerprint density at radius 1 is 1.43 bits per heavy atom. The van der Waals surface area contributed by atoms with E-state index in [9.17, 15) is 4.79 Å². The monoisotopic (exact) mass is 320 g/mol. The maximum atomic E-state index is 12.2. The molecule has 0 aliphatic carbocycles. The summed E-state index contributed by atoms with van der Waals surface area (Å²) in [7, 11) is 0. The molecule has 0 saturated heterocycles. The van der Waals surface area contributed by atoms with E-state index in [0.717, 1.165) is 27.4 Å². The molecule has 2 N–H and O–H groups in total. The summed E-state index contributed by atoms with van der Waals surface area (Å²) in [4.78, 5) is 19.2. The van der Waals surface area contributed by atoms with Crippen molar-refractivity contribution in [3.05, 3.63) is 32.0 Å². The van der Waals surface area contributed by atoms with Crippen LogP contribution in [-0.4, -0.2) is 22.6 Å². The van der Waals surface area contributed by atoms with Crippen molar-refractivity contribution in [2.24, 2.45) is 0 Å². The molecule has 2 aromatic heterocycles. The van der Waals surface area contributed by atoms with Crippen molar-refractivity contribution in [2.75, 3.05) is 11.9 Å². The Morgan fingerprint density at radius 3 is 2.81 bits per heavy atom. The number of thiazole rings is 1. The molecule has 0 fully saturated rings. The van der Waals surface area contributed by atoms with E-state index >= 15 is 0 Å². The third-order valence-corrected chi connectivity index (χ3v) is 4.95. The summed E-state index contributed by atoms with van der Waals surface area (Å²) in [5.74, 6) is 5.28. The number of rotatable bonds is 3. The van der Waals surface area contributed by atoms with Crippen molar-refractivity contribution in [2.45, 2.75) is 27.2 Å². The summed E-state index contributed by atoms with van der Waals surface area (Å²) in [6.07, 6.45) is 0.858. The van der Waals surface area contributed by atoms with Crippen LogP contribution in [0.2, 0.25) is 0 Å². The number of aliphatic hydroxyl groups is 1. The van der Waals surface area contributed by atoms with E-state index in [2.05, 4.69) is 22.1 Å². The fourth-order valence-corrected chi connectivity index (χ4v) is 3.65. The van der Waals surface area contributed by atoms with E-state index in [-0.39, 0.29) is 12.5 Å². The molecule has 0 radical (unpaired) electrons. The van der Waals surface area contributed by atoms with Crippen LogP contribution in [0.4, 0.5) is 5.13 Å². The molecule has 21 heavy (non-hydrogen) atoms. The maximum absolute atomic E-state index is 12.2. The molecule has 0 spiro atoms. The Labute approximate surface area is 131 Å². The number of anilines is 1. The summed E-state index contributed by atoms with van der Waals surface area (Å²) in [6, 6.07) is 1.81. The molecule has 1 amide bonds. The topological polar surface area (TPSA) is 62.2 Å². The molecule has 0 aliphatic heterocycles. The zero-order valence-electron chi connectivity index (χ0n) is 12.1. The molecule has 0 saturated carbocycles. The maximum Gasteiger partial charge on any atom is 0.267 e. The molecule has 0 unspecified atom stereocenters. The summed E-state index contributed by atoms with van der Waals surface area (Å²) in [5, 5.41) is 12.2. The molecule has 2 heterocycles. The van der Waals surface area contributed by atoms with Crippen LogP contribution < -0.4 is 5.32 Å². The van der Waals surface area contributed by atoms with Crippen LogP contribution in [0.3, 0.4) is 0 Å². The van der Waals surface area contributed by atoms with Gasteiger partial charge in [-0.25, -0.2) is 4.98 Å². The fourth-order valence-electron chi connectivity index (χ4n) is 1.81. The summed E-state index contributed by atoms with van der Waals surface area (Å²) in [6.45, 7) is 5.76. The molecule has 0 aromatic carbocycles. The van der Waals surface area contributed by atoms with Crippen LogP contribution in [-0.2, 0) is 6.42 Å². The van der Waals surface area contributed by atoms with Crippen molar-refractivity contribution in [1.82, 2.24) is 4.98 Å². The van der Waals surface area contributed by atoms with Gasteiger partial charge in [-0.2, -0.15) is 0 Å². The number of nitrogens with one attached hydrogen (secondary N) is 1. The standard InChI is InChI=1S/C15H16N2O2S2/c1-4-11-10(3)20-15(16-11)17-14(19)13-8-9(2)12(21-13)6-5-7-18/h8,18H,4,7H2,1-3H3,(H,16,17,19). The quantitative estimate of drug-likeness (QED) is 0.855. The first kappa shape index (κ1) is 15.7. The Hall–Kier alpha value is -1.68. The second kappa shape index (κ2) is 6.85. The molecular formula is C15H16N2O2S2. The zero-order chi connectivity index (χ0) is 15.4. The lowest BCUT2D eigenvalue weighted by Crippen LogP contribution is -2.09. The van der Waals surface area contributed by atoms with Crippen LogP contribution >= 0.6 is 22.7 Å². The van der Waals surface area contributed by atoms with E-state index < -0.39 is 0 Å². The lowest BCUT2D eigenvalue weighted by Gasteiger charge is -1.97. The van der Waals surface area contributed by atoms with Gasteiger partial charge in [-0.1, -0.05) is 18.8 Å². The van der Waals surface area contributed by atoms with Gasteiger partial charge in [0.15, 0.2) is 5.13 Å². The minimum atomic E-state index is -0.183. The first-order valence-corrected chi connectivity index (χ1v) is 8.16. The second-order valence-corrected chi connectivity index (χ2v) is 6.67. The number of hydrogen-bond donors (Lipinski definition) is 2.